The number of Topliss-reactive ketones (excluding diaryl/α,β-unsaturated/α-hetero) is 1. The molecule has 0 aliphatic carbocycles. The number of aliphatic hydroxyl groups excluding tert-OH is 1. The summed E-state index contributed by atoms with van der Waals surface area (Å²) >= 11 is 0. The summed E-state index contributed by atoms with van der Waals surface area (Å²) in [5.74, 6) is -0.771. The molecule has 1 unspecified atom stereocenters. The second kappa shape index (κ2) is 12.3. The van der Waals surface area contributed by atoms with E-state index in [2.05, 4.69) is 30.7 Å². The predicted molar refractivity (Wildman–Crippen MR) is 132 cm³/mol. The van der Waals surface area contributed by atoms with Crippen LogP contribution in [-0.4, -0.2) is 64.4 Å². The Morgan fingerprint density at radius 2 is 1.82 bits per heavy atom. The molecule has 1 N–H and O–H groups in total. The number of ether oxygens (including phenoxy) is 1. The minimum absolute atomic E-state index is 0.0962. The lowest BCUT2D eigenvalue weighted by atomic mass is 9.95. The van der Waals surface area contributed by atoms with Crippen molar-refractivity contribution in [2.75, 3.05) is 32.8 Å². The first-order chi connectivity index (χ1) is 16.5. The molecule has 34 heavy (non-hydrogen) atoms. The number of pyridine rings is 1. The number of aromatic nitrogens is 1. The van der Waals surface area contributed by atoms with Gasteiger partial charge in [0.05, 0.1) is 18.2 Å². The maximum absolute atomic E-state index is 13.2. The van der Waals surface area contributed by atoms with Crippen LogP contribution >= 0.6 is 0 Å². The Balaban J connectivity index is 2.01. The number of ketones is 1. The smallest absolute Gasteiger partial charge is 0.295 e. The van der Waals surface area contributed by atoms with Crippen molar-refractivity contribution in [2.45, 2.75) is 46.1 Å². The maximum atomic E-state index is 13.2. The number of likely N-dealkylation sites (N-methyl/N-ethyl adjacent to an activating group) is 1. The van der Waals surface area contributed by atoms with Crippen LogP contribution in [0.1, 0.15) is 57.2 Å². The number of carbonyl (C=O) groups is 2. The lowest BCUT2D eigenvalue weighted by Gasteiger charge is -2.28. The molecule has 3 rings (SSSR count). The van der Waals surface area contributed by atoms with Crippen LogP contribution in [0.5, 0.6) is 5.75 Å². The van der Waals surface area contributed by atoms with E-state index in [1.807, 2.05) is 24.3 Å². The Bertz CT molecular complexity index is 1000. The van der Waals surface area contributed by atoms with Crippen LogP contribution < -0.4 is 4.74 Å². The van der Waals surface area contributed by atoms with Gasteiger partial charge in [-0.25, -0.2) is 0 Å². The summed E-state index contributed by atoms with van der Waals surface area (Å²) < 4.78 is 5.93. The molecule has 0 spiro atoms. The first kappa shape index (κ1) is 25.4. The molecule has 1 atom stereocenters. The Morgan fingerprint density at radius 1 is 1.09 bits per heavy atom. The molecule has 2 aromatic rings. The topological polar surface area (TPSA) is 83.0 Å². The summed E-state index contributed by atoms with van der Waals surface area (Å²) in [5.41, 5.74) is 1.29. The van der Waals surface area contributed by atoms with Crippen molar-refractivity contribution in [3.8, 4) is 5.75 Å². The van der Waals surface area contributed by atoms with Gasteiger partial charge in [-0.15, -0.1) is 0 Å². The van der Waals surface area contributed by atoms with E-state index in [0.717, 1.165) is 37.9 Å². The van der Waals surface area contributed by atoms with Crippen LogP contribution in [0.4, 0.5) is 0 Å². The fourth-order valence-corrected chi connectivity index (χ4v) is 4.23. The first-order valence-corrected chi connectivity index (χ1v) is 12.2. The first-order valence-electron chi connectivity index (χ1n) is 12.2. The summed E-state index contributed by atoms with van der Waals surface area (Å²) in [6.45, 7) is 9.61. The van der Waals surface area contributed by atoms with Crippen molar-refractivity contribution in [1.82, 2.24) is 14.8 Å². The van der Waals surface area contributed by atoms with Gasteiger partial charge in [0.15, 0.2) is 0 Å². The molecule has 0 bridgehead atoms. The molecule has 7 nitrogen and oxygen atoms in total. The van der Waals surface area contributed by atoms with Gasteiger partial charge in [0.2, 0.25) is 0 Å². The highest BCUT2D eigenvalue weighted by Gasteiger charge is 2.46. The molecule has 2 heterocycles. The Hall–Kier alpha value is -3.19. The van der Waals surface area contributed by atoms with E-state index >= 15 is 0 Å². The highest BCUT2D eigenvalue weighted by Crippen LogP contribution is 2.40. The molecule has 1 fully saturated rings. The molecule has 0 saturated carbocycles. The quantitative estimate of drug-likeness (QED) is 0.216. The van der Waals surface area contributed by atoms with Crippen molar-refractivity contribution >= 4 is 17.4 Å². The van der Waals surface area contributed by atoms with E-state index < -0.39 is 17.7 Å². The van der Waals surface area contributed by atoms with E-state index in [1.165, 1.54) is 0 Å². The van der Waals surface area contributed by atoms with E-state index in [4.69, 9.17) is 4.74 Å². The number of hydrogen-bond acceptors (Lipinski definition) is 6. The van der Waals surface area contributed by atoms with Gasteiger partial charge >= 0.3 is 0 Å². The standard InChI is InChI=1S/C27H35N3O4/c1-4-7-8-18-34-22-11-9-10-21(19-22)24-23(25(31)20-12-14-28-15-13-20)26(32)27(33)30(24)17-16-29(5-2)6-3/h9-15,19,24,31H,4-8,16-18H2,1-3H3. The van der Waals surface area contributed by atoms with Crippen LogP contribution in [0, 0.1) is 0 Å². The predicted octanol–water partition coefficient (Wildman–Crippen LogP) is 4.41. The van der Waals surface area contributed by atoms with Crippen LogP contribution in [0.25, 0.3) is 5.76 Å². The Labute approximate surface area is 202 Å². The van der Waals surface area contributed by atoms with Crippen molar-refractivity contribution in [3.63, 3.8) is 0 Å². The van der Waals surface area contributed by atoms with Gasteiger partial charge in [0, 0.05) is 31.0 Å². The molecule has 1 aliphatic heterocycles. The number of likely N-dealkylation sites (tertiary alicyclic amines) is 1. The van der Waals surface area contributed by atoms with Gasteiger partial charge in [-0.2, -0.15) is 0 Å². The monoisotopic (exact) mass is 465 g/mol. The van der Waals surface area contributed by atoms with E-state index in [-0.39, 0.29) is 11.3 Å². The van der Waals surface area contributed by atoms with Crippen LogP contribution in [0.15, 0.2) is 54.4 Å². The average Bonchev–Trinajstić information content (AvgIpc) is 3.12. The van der Waals surface area contributed by atoms with Crippen LogP contribution in [0.2, 0.25) is 0 Å². The second-order valence-electron chi connectivity index (χ2n) is 8.38. The number of unbranched alkanes of at least 4 members (excludes halogenated alkanes) is 2. The SMILES string of the molecule is CCCCCOc1cccc(C2C(=C(O)c3ccncc3)C(=O)C(=O)N2CCN(CC)CC)c1. The van der Waals surface area contributed by atoms with E-state index in [0.29, 0.717) is 31.0 Å². The van der Waals surface area contributed by atoms with Gasteiger partial charge in [-0.1, -0.05) is 45.7 Å². The summed E-state index contributed by atoms with van der Waals surface area (Å²) in [6.07, 6.45) is 6.26. The summed E-state index contributed by atoms with van der Waals surface area (Å²) in [6, 6.07) is 10.0. The number of aliphatic hydroxyl groups is 1. The number of rotatable bonds is 12. The summed E-state index contributed by atoms with van der Waals surface area (Å²) in [7, 11) is 0. The van der Waals surface area contributed by atoms with Gasteiger partial charge in [0.25, 0.3) is 11.7 Å². The van der Waals surface area contributed by atoms with Gasteiger partial charge in [-0.05, 0) is 49.3 Å². The molecule has 1 saturated heterocycles. The largest absolute Gasteiger partial charge is 0.507 e. The van der Waals surface area contributed by atoms with Crippen molar-refractivity contribution < 1.29 is 19.4 Å². The lowest BCUT2D eigenvalue weighted by molar-refractivity contribution is -0.140. The molecule has 1 amide bonds. The van der Waals surface area contributed by atoms with Crippen LogP contribution in [-0.2, 0) is 9.59 Å². The van der Waals surface area contributed by atoms with Crippen molar-refractivity contribution in [3.05, 3.63) is 65.5 Å². The Kier molecular flexibility index (Phi) is 9.22. The van der Waals surface area contributed by atoms with Gasteiger partial charge < -0.3 is 19.6 Å². The van der Waals surface area contributed by atoms with Crippen LogP contribution in [0.3, 0.4) is 0 Å². The normalized spacial score (nSPS) is 17.5. The van der Waals surface area contributed by atoms with Gasteiger partial charge in [0.1, 0.15) is 11.5 Å². The third-order valence-corrected chi connectivity index (χ3v) is 6.24. The zero-order valence-electron chi connectivity index (χ0n) is 20.4. The molecule has 1 aromatic heterocycles. The fourth-order valence-electron chi connectivity index (χ4n) is 4.23. The number of hydrogen-bond donors (Lipinski definition) is 1. The highest BCUT2D eigenvalue weighted by molar-refractivity contribution is 6.46. The number of amides is 1. The Morgan fingerprint density at radius 3 is 2.50 bits per heavy atom. The zero-order valence-corrected chi connectivity index (χ0v) is 20.4. The fraction of sp³-hybridized carbons (Fsp3) is 0.444. The summed E-state index contributed by atoms with van der Waals surface area (Å²) in [5, 5.41) is 11.1. The minimum atomic E-state index is -0.692. The third-order valence-electron chi connectivity index (χ3n) is 6.24. The third kappa shape index (κ3) is 5.83. The lowest BCUT2D eigenvalue weighted by Crippen LogP contribution is -2.38. The second-order valence-corrected chi connectivity index (χ2v) is 8.38. The van der Waals surface area contributed by atoms with Crippen molar-refractivity contribution in [2.24, 2.45) is 0 Å². The zero-order chi connectivity index (χ0) is 24.5. The maximum Gasteiger partial charge on any atom is 0.295 e. The highest BCUT2D eigenvalue weighted by atomic mass is 16.5. The number of nitrogens with zero attached hydrogens (tertiary/aromatic N) is 3. The number of carbonyl (C=O) groups excluding carboxylic acids is 2. The molecule has 1 aliphatic rings. The molecular formula is C27H35N3O4. The average molecular weight is 466 g/mol. The van der Waals surface area contributed by atoms with E-state index in [9.17, 15) is 14.7 Å². The summed E-state index contributed by atoms with van der Waals surface area (Å²) in [4.78, 5) is 34.0. The minimum Gasteiger partial charge on any atom is -0.507 e. The van der Waals surface area contributed by atoms with E-state index in [1.54, 1.807) is 29.4 Å². The van der Waals surface area contributed by atoms with Gasteiger partial charge in [-0.3, -0.25) is 14.6 Å². The molecule has 7 heteroatoms. The van der Waals surface area contributed by atoms with Crippen molar-refractivity contribution in [1.29, 1.82) is 0 Å². The molecule has 0 radical (unpaired) electrons. The molecular weight excluding hydrogens is 430 g/mol. The molecule has 1 aromatic carbocycles. The number of benzene rings is 1. The molecule has 182 valence electrons.